The molecule has 6 heteroatoms. The van der Waals surface area contributed by atoms with Crippen molar-refractivity contribution in [2.24, 2.45) is 5.10 Å². The lowest BCUT2D eigenvalue weighted by Gasteiger charge is -2.05. The first-order valence-electron chi connectivity index (χ1n) is 10.4. The maximum absolute atomic E-state index is 11.8. The average Bonchev–Trinajstić information content (AvgIpc) is 2.71. The van der Waals surface area contributed by atoms with Crippen LogP contribution in [0.15, 0.2) is 29.4 Å². The highest BCUT2D eigenvalue weighted by molar-refractivity contribution is 5.86. The number of hydrogen-bond donors (Lipinski definition) is 2. The number of carbonyl (C=O) groups excluding carboxylic acids is 2. The van der Waals surface area contributed by atoms with Crippen molar-refractivity contribution in [3.05, 3.63) is 29.8 Å². The third-order valence-electron chi connectivity index (χ3n) is 4.47. The zero-order chi connectivity index (χ0) is 20.5. The highest BCUT2D eigenvalue weighted by Crippen LogP contribution is 2.10. The van der Waals surface area contributed by atoms with Gasteiger partial charge in [0.25, 0.3) is 5.91 Å². The van der Waals surface area contributed by atoms with E-state index in [0.717, 1.165) is 24.2 Å². The van der Waals surface area contributed by atoms with Gasteiger partial charge in [0.15, 0.2) is 0 Å². The third-order valence-corrected chi connectivity index (χ3v) is 4.47. The summed E-state index contributed by atoms with van der Waals surface area (Å²) in [6, 6.07) is 7.30. The first-order chi connectivity index (χ1) is 13.7. The molecule has 0 spiro atoms. The Hall–Kier alpha value is -2.37. The molecule has 1 aromatic rings. The zero-order valence-electron chi connectivity index (χ0n) is 17.3. The summed E-state index contributed by atoms with van der Waals surface area (Å²) in [7, 11) is 1.60. The number of ether oxygens (including phenoxy) is 1. The Bertz CT molecular complexity index is 585. The molecule has 2 N–H and O–H groups in total. The van der Waals surface area contributed by atoms with Gasteiger partial charge < -0.3 is 10.1 Å². The molecule has 0 saturated carbocycles. The third kappa shape index (κ3) is 12.1. The number of unbranched alkanes of at least 4 members (excludes halogenated alkanes) is 8. The van der Waals surface area contributed by atoms with Gasteiger partial charge in [-0.25, -0.2) is 5.43 Å². The second-order valence-corrected chi connectivity index (χ2v) is 6.92. The normalized spacial score (nSPS) is 10.8. The summed E-state index contributed by atoms with van der Waals surface area (Å²) in [6.07, 6.45) is 13.0. The van der Waals surface area contributed by atoms with E-state index in [9.17, 15) is 9.59 Å². The van der Waals surface area contributed by atoms with E-state index in [2.05, 4.69) is 22.8 Å². The maximum atomic E-state index is 11.8. The lowest BCUT2D eigenvalue weighted by atomic mass is 10.1. The van der Waals surface area contributed by atoms with E-state index in [1.54, 1.807) is 13.3 Å². The Kier molecular flexibility index (Phi) is 13.2. The number of methoxy groups -OCH3 is 1. The topological polar surface area (TPSA) is 79.8 Å². The van der Waals surface area contributed by atoms with Crippen molar-refractivity contribution in [2.75, 3.05) is 13.7 Å². The molecule has 0 atom stereocenters. The Balaban J connectivity index is 2.03. The largest absolute Gasteiger partial charge is 0.497 e. The summed E-state index contributed by atoms with van der Waals surface area (Å²) >= 11 is 0. The molecule has 0 aromatic heterocycles. The van der Waals surface area contributed by atoms with Crippen molar-refractivity contribution in [3.63, 3.8) is 0 Å². The molecular formula is C22H35N3O3. The first-order valence-corrected chi connectivity index (χ1v) is 10.4. The molecule has 0 unspecified atom stereocenters. The molecule has 6 nitrogen and oxygen atoms in total. The monoisotopic (exact) mass is 389 g/mol. The van der Waals surface area contributed by atoms with E-state index >= 15 is 0 Å². The molecule has 0 aliphatic heterocycles. The van der Waals surface area contributed by atoms with Crippen LogP contribution >= 0.6 is 0 Å². The summed E-state index contributed by atoms with van der Waals surface area (Å²) in [5, 5.41) is 6.51. The van der Waals surface area contributed by atoms with Crippen LogP contribution in [0.4, 0.5) is 0 Å². The van der Waals surface area contributed by atoms with Gasteiger partial charge in [-0.2, -0.15) is 5.10 Å². The van der Waals surface area contributed by atoms with Gasteiger partial charge in [-0.15, -0.1) is 0 Å². The van der Waals surface area contributed by atoms with Crippen molar-refractivity contribution in [3.8, 4) is 5.75 Å². The van der Waals surface area contributed by atoms with Gasteiger partial charge in [-0.3, -0.25) is 9.59 Å². The fourth-order valence-electron chi connectivity index (χ4n) is 2.77. The molecule has 28 heavy (non-hydrogen) atoms. The van der Waals surface area contributed by atoms with Crippen LogP contribution in [0, 0.1) is 0 Å². The number of nitrogens with zero attached hydrogens (tertiary/aromatic N) is 1. The minimum absolute atomic E-state index is 0.0593. The van der Waals surface area contributed by atoms with Crippen LogP contribution in [0.1, 0.15) is 76.7 Å². The van der Waals surface area contributed by atoms with Gasteiger partial charge in [0, 0.05) is 6.42 Å². The average molecular weight is 390 g/mol. The molecule has 156 valence electrons. The highest BCUT2D eigenvalue weighted by atomic mass is 16.5. The van der Waals surface area contributed by atoms with Crippen molar-refractivity contribution >= 4 is 18.0 Å². The summed E-state index contributed by atoms with van der Waals surface area (Å²) in [5.74, 6) is 0.332. The van der Waals surface area contributed by atoms with Crippen LogP contribution in [-0.4, -0.2) is 31.7 Å². The zero-order valence-corrected chi connectivity index (χ0v) is 17.3. The minimum Gasteiger partial charge on any atom is -0.497 e. The highest BCUT2D eigenvalue weighted by Gasteiger charge is 2.04. The summed E-state index contributed by atoms with van der Waals surface area (Å²) < 4.78 is 5.08. The smallest absolute Gasteiger partial charge is 0.259 e. The molecule has 0 aliphatic rings. The predicted molar refractivity (Wildman–Crippen MR) is 114 cm³/mol. The fourth-order valence-corrected chi connectivity index (χ4v) is 2.77. The van der Waals surface area contributed by atoms with Gasteiger partial charge in [-0.05, 0) is 36.2 Å². The van der Waals surface area contributed by atoms with Gasteiger partial charge in [0.1, 0.15) is 5.75 Å². The number of hydrogen-bond acceptors (Lipinski definition) is 4. The van der Waals surface area contributed by atoms with Crippen molar-refractivity contribution in [2.45, 2.75) is 71.1 Å². The molecular weight excluding hydrogens is 354 g/mol. The van der Waals surface area contributed by atoms with E-state index in [0.29, 0.717) is 6.42 Å². The second kappa shape index (κ2) is 15.7. The SMILES string of the molecule is CCCCCCCCCCCC(=O)NCC(=O)NN=Cc1ccc(OC)cc1. The number of amides is 2. The molecule has 0 fully saturated rings. The fraction of sp³-hybridized carbons (Fsp3) is 0.591. The second-order valence-electron chi connectivity index (χ2n) is 6.92. The first kappa shape index (κ1) is 23.7. The molecule has 1 rings (SSSR count). The van der Waals surface area contributed by atoms with Crippen molar-refractivity contribution in [1.29, 1.82) is 0 Å². The minimum atomic E-state index is -0.342. The van der Waals surface area contributed by atoms with Crippen LogP contribution in [0.25, 0.3) is 0 Å². The lowest BCUT2D eigenvalue weighted by molar-refractivity contribution is -0.126. The molecule has 0 heterocycles. The van der Waals surface area contributed by atoms with Crippen LogP contribution in [0.5, 0.6) is 5.75 Å². The Morgan fingerprint density at radius 2 is 1.54 bits per heavy atom. The number of hydrazone groups is 1. The van der Waals surface area contributed by atoms with Crippen LogP contribution in [0.2, 0.25) is 0 Å². The number of benzene rings is 1. The van der Waals surface area contributed by atoms with E-state index in [4.69, 9.17) is 4.74 Å². The van der Waals surface area contributed by atoms with E-state index < -0.39 is 0 Å². The number of nitrogens with one attached hydrogen (secondary N) is 2. The van der Waals surface area contributed by atoms with Gasteiger partial charge in [0.05, 0.1) is 19.9 Å². The van der Waals surface area contributed by atoms with Gasteiger partial charge in [-0.1, -0.05) is 58.3 Å². The van der Waals surface area contributed by atoms with E-state index in [-0.39, 0.29) is 18.4 Å². The number of carbonyl (C=O) groups is 2. The summed E-state index contributed by atoms with van der Waals surface area (Å²) in [5.41, 5.74) is 3.25. The van der Waals surface area contributed by atoms with Crippen molar-refractivity contribution < 1.29 is 14.3 Å². The van der Waals surface area contributed by atoms with Crippen LogP contribution in [-0.2, 0) is 9.59 Å². The summed E-state index contributed by atoms with van der Waals surface area (Å²) in [4.78, 5) is 23.5. The van der Waals surface area contributed by atoms with E-state index in [1.807, 2.05) is 24.3 Å². The molecule has 1 aromatic carbocycles. The lowest BCUT2D eigenvalue weighted by Crippen LogP contribution is -2.34. The Morgan fingerprint density at radius 3 is 2.14 bits per heavy atom. The predicted octanol–water partition coefficient (Wildman–Crippen LogP) is 4.18. The Labute approximate surface area is 169 Å². The summed E-state index contributed by atoms with van der Waals surface area (Å²) in [6.45, 7) is 2.17. The maximum Gasteiger partial charge on any atom is 0.259 e. The molecule has 2 amide bonds. The van der Waals surface area contributed by atoms with Crippen LogP contribution in [0.3, 0.4) is 0 Å². The standard InChI is InChI=1S/C22H35N3O3/c1-3-4-5-6-7-8-9-10-11-12-21(26)23-18-22(27)25-24-17-19-13-15-20(28-2)16-14-19/h13-17H,3-12,18H2,1-2H3,(H,23,26)(H,25,27). The van der Waals surface area contributed by atoms with Gasteiger partial charge >= 0.3 is 0 Å². The molecule has 0 saturated heterocycles. The van der Waals surface area contributed by atoms with Gasteiger partial charge in [0.2, 0.25) is 5.91 Å². The molecule has 0 aliphatic carbocycles. The molecule has 0 bridgehead atoms. The van der Waals surface area contributed by atoms with Crippen molar-refractivity contribution in [1.82, 2.24) is 10.7 Å². The Morgan fingerprint density at radius 1 is 0.929 bits per heavy atom. The molecule has 0 radical (unpaired) electrons. The quantitative estimate of drug-likeness (QED) is 0.268. The van der Waals surface area contributed by atoms with E-state index in [1.165, 1.54) is 44.9 Å². The number of rotatable bonds is 15. The van der Waals surface area contributed by atoms with Crippen LogP contribution < -0.4 is 15.5 Å².